The van der Waals surface area contributed by atoms with Gasteiger partial charge in [-0.25, -0.2) is 8.78 Å². The van der Waals surface area contributed by atoms with E-state index in [4.69, 9.17) is 9.47 Å². The first-order valence-electron chi connectivity index (χ1n) is 12.2. The van der Waals surface area contributed by atoms with E-state index >= 15 is 0 Å². The van der Waals surface area contributed by atoms with Crippen LogP contribution in [-0.2, 0) is 20.7 Å². The summed E-state index contributed by atoms with van der Waals surface area (Å²) in [5.74, 6) is -0.168. The van der Waals surface area contributed by atoms with Gasteiger partial charge in [-0.2, -0.15) is 0 Å². The quantitative estimate of drug-likeness (QED) is 0.569. The van der Waals surface area contributed by atoms with Crippen LogP contribution >= 0.6 is 0 Å². The predicted octanol–water partition coefficient (Wildman–Crippen LogP) is 3.83. The zero-order valence-corrected chi connectivity index (χ0v) is 19.9. The van der Waals surface area contributed by atoms with E-state index in [0.717, 1.165) is 12.8 Å². The van der Waals surface area contributed by atoms with Crippen molar-refractivity contribution < 1.29 is 27.8 Å². The number of ether oxygens (including phenoxy) is 2. The molecule has 0 saturated carbocycles. The van der Waals surface area contributed by atoms with E-state index in [1.807, 2.05) is 4.90 Å². The number of morpholine rings is 1. The number of halogens is 2. The molecule has 2 fully saturated rings. The van der Waals surface area contributed by atoms with Crippen LogP contribution in [0.2, 0.25) is 0 Å². The highest BCUT2D eigenvalue weighted by atomic mass is 19.1. The molecule has 2 aliphatic heterocycles. The molecule has 2 aromatic carbocycles. The molecule has 0 aromatic heterocycles. The first-order valence-corrected chi connectivity index (χ1v) is 12.2. The van der Waals surface area contributed by atoms with Crippen LogP contribution in [0.4, 0.5) is 8.78 Å². The molecule has 2 heterocycles. The van der Waals surface area contributed by atoms with Crippen LogP contribution < -0.4 is 4.74 Å². The number of carbonyl (C=O) groups is 2. The second-order valence-electron chi connectivity index (χ2n) is 9.42. The monoisotopic (exact) mass is 486 g/mol. The molecule has 2 aromatic rings. The average molecular weight is 487 g/mol. The van der Waals surface area contributed by atoms with Crippen LogP contribution in [0.3, 0.4) is 0 Å². The lowest BCUT2D eigenvalue weighted by atomic mass is 9.77. The highest BCUT2D eigenvalue weighted by molar-refractivity contribution is 5.78. The summed E-state index contributed by atoms with van der Waals surface area (Å²) in [6.07, 6.45) is 2.27. The van der Waals surface area contributed by atoms with E-state index in [0.29, 0.717) is 57.1 Å². The number of amides is 2. The van der Waals surface area contributed by atoms with Gasteiger partial charge in [0.25, 0.3) is 0 Å². The van der Waals surface area contributed by atoms with Crippen molar-refractivity contribution in [1.29, 1.82) is 0 Å². The Morgan fingerprint density at radius 2 is 1.69 bits per heavy atom. The Hall–Kier alpha value is -3.00. The molecule has 1 atom stereocenters. The molecule has 6 nitrogen and oxygen atoms in total. The van der Waals surface area contributed by atoms with Gasteiger partial charge in [-0.15, -0.1) is 0 Å². The molecule has 2 saturated heterocycles. The standard InChI is InChI=1S/C27H32F2N2O4/c28-22-7-9-23(10-8-22)35-20-27(18-26(33)30-14-16-34-17-15-30)12-3-13-31(19-27)25(32)11-6-21-4-1-2-5-24(21)29/h1-2,4-5,7-10H,3,6,11-20H2/t27-/m1/s1. The lowest BCUT2D eigenvalue weighted by Crippen LogP contribution is -2.52. The summed E-state index contributed by atoms with van der Waals surface area (Å²) in [6, 6.07) is 12.3. The molecule has 35 heavy (non-hydrogen) atoms. The average Bonchev–Trinajstić information content (AvgIpc) is 2.88. The van der Waals surface area contributed by atoms with Gasteiger partial charge in [-0.3, -0.25) is 9.59 Å². The Morgan fingerprint density at radius 3 is 2.43 bits per heavy atom. The summed E-state index contributed by atoms with van der Waals surface area (Å²) in [4.78, 5) is 29.8. The van der Waals surface area contributed by atoms with Gasteiger partial charge in [0.1, 0.15) is 17.4 Å². The number of hydrogen-bond acceptors (Lipinski definition) is 4. The van der Waals surface area contributed by atoms with Gasteiger partial charge in [0.05, 0.1) is 19.8 Å². The molecule has 8 heteroatoms. The lowest BCUT2D eigenvalue weighted by Gasteiger charge is -2.43. The SMILES string of the molecule is O=C(C[C@]1(COc2ccc(F)cc2)CCCN(C(=O)CCc2ccccc2F)C1)N1CCOCC1. The smallest absolute Gasteiger partial charge is 0.223 e. The molecular weight excluding hydrogens is 454 g/mol. The summed E-state index contributed by atoms with van der Waals surface area (Å²) in [7, 11) is 0. The molecule has 0 spiro atoms. The minimum atomic E-state index is -0.560. The second kappa shape index (κ2) is 11.6. The number of nitrogens with zero attached hydrogens (tertiary/aromatic N) is 2. The Kier molecular flexibility index (Phi) is 8.33. The third-order valence-electron chi connectivity index (χ3n) is 6.83. The molecule has 2 amide bonds. The topological polar surface area (TPSA) is 59.1 Å². The van der Waals surface area contributed by atoms with Gasteiger partial charge in [0, 0.05) is 44.4 Å². The zero-order chi connectivity index (χ0) is 24.7. The summed E-state index contributed by atoms with van der Waals surface area (Å²) in [5.41, 5.74) is -0.0402. The number of carbonyl (C=O) groups excluding carboxylic acids is 2. The normalized spacial score (nSPS) is 20.5. The molecular formula is C27H32F2N2O4. The van der Waals surface area contributed by atoms with Gasteiger partial charge < -0.3 is 19.3 Å². The fraction of sp³-hybridized carbons (Fsp3) is 0.481. The van der Waals surface area contributed by atoms with Crippen LogP contribution in [0.25, 0.3) is 0 Å². The number of aryl methyl sites for hydroxylation is 1. The van der Waals surface area contributed by atoms with Gasteiger partial charge in [-0.1, -0.05) is 18.2 Å². The summed E-state index contributed by atoms with van der Waals surface area (Å²) >= 11 is 0. The third-order valence-corrected chi connectivity index (χ3v) is 6.83. The van der Waals surface area contributed by atoms with Crippen molar-refractivity contribution in [3.63, 3.8) is 0 Å². The molecule has 0 radical (unpaired) electrons. The Morgan fingerprint density at radius 1 is 0.943 bits per heavy atom. The second-order valence-corrected chi connectivity index (χ2v) is 9.42. The first kappa shape index (κ1) is 25.1. The van der Waals surface area contributed by atoms with Crippen molar-refractivity contribution in [3.8, 4) is 5.75 Å². The predicted molar refractivity (Wildman–Crippen MR) is 127 cm³/mol. The first-order chi connectivity index (χ1) is 16.9. The largest absolute Gasteiger partial charge is 0.493 e. The fourth-order valence-electron chi connectivity index (χ4n) is 4.85. The molecule has 0 N–H and O–H groups in total. The van der Waals surface area contributed by atoms with Crippen LogP contribution in [0, 0.1) is 17.0 Å². The van der Waals surface area contributed by atoms with Crippen molar-refractivity contribution in [1.82, 2.24) is 9.80 Å². The van der Waals surface area contributed by atoms with E-state index < -0.39 is 5.41 Å². The Bertz CT molecular complexity index is 1010. The number of likely N-dealkylation sites (tertiary alicyclic amines) is 1. The van der Waals surface area contributed by atoms with Crippen molar-refractivity contribution in [2.24, 2.45) is 5.41 Å². The van der Waals surface area contributed by atoms with Crippen molar-refractivity contribution >= 4 is 11.8 Å². The van der Waals surface area contributed by atoms with Crippen molar-refractivity contribution in [3.05, 3.63) is 65.7 Å². The van der Waals surface area contributed by atoms with Gasteiger partial charge in [-0.05, 0) is 55.2 Å². The maximum Gasteiger partial charge on any atom is 0.223 e. The van der Waals surface area contributed by atoms with Crippen LogP contribution in [0.1, 0.15) is 31.2 Å². The van der Waals surface area contributed by atoms with Gasteiger partial charge in [0.2, 0.25) is 11.8 Å². The highest BCUT2D eigenvalue weighted by Crippen LogP contribution is 2.36. The van der Waals surface area contributed by atoms with Crippen molar-refractivity contribution in [2.45, 2.75) is 32.1 Å². The Balaban J connectivity index is 1.45. The van der Waals surface area contributed by atoms with E-state index in [-0.39, 0.29) is 42.9 Å². The number of hydrogen-bond donors (Lipinski definition) is 0. The molecule has 0 aliphatic carbocycles. The van der Waals surface area contributed by atoms with E-state index in [1.165, 1.54) is 18.2 Å². The molecule has 0 bridgehead atoms. The summed E-state index contributed by atoms with van der Waals surface area (Å²) in [5, 5.41) is 0. The minimum absolute atomic E-state index is 0.0247. The number of benzene rings is 2. The van der Waals surface area contributed by atoms with E-state index in [9.17, 15) is 18.4 Å². The van der Waals surface area contributed by atoms with Crippen LogP contribution in [0.15, 0.2) is 48.5 Å². The summed E-state index contributed by atoms with van der Waals surface area (Å²) < 4.78 is 38.7. The molecule has 0 unspecified atom stereocenters. The highest BCUT2D eigenvalue weighted by Gasteiger charge is 2.41. The zero-order valence-electron chi connectivity index (χ0n) is 19.9. The minimum Gasteiger partial charge on any atom is -0.493 e. The van der Waals surface area contributed by atoms with Gasteiger partial charge >= 0.3 is 0 Å². The Labute approximate surface area is 204 Å². The molecule has 4 rings (SSSR count). The maximum atomic E-state index is 14.0. The fourth-order valence-corrected chi connectivity index (χ4v) is 4.85. The third kappa shape index (κ3) is 6.78. The number of piperidine rings is 1. The van der Waals surface area contributed by atoms with Crippen LogP contribution in [-0.4, -0.2) is 67.6 Å². The molecule has 188 valence electrons. The number of rotatable bonds is 8. The van der Waals surface area contributed by atoms with Gasteiger partial charge in [0.15, 0.2) is 0 Å². The van der Waals surface area contributed by atoms with Crippen LogP contribution in [0.5, 0.6) is 5.75 Å². The maximum absolute atomic E-state index is 14.0. The van der Waals surface area contributed by atoms with Crippen molar-refractivity contribution in [2.75, 3.05) is 46.0 Å². The molecule has 2 aliphatic rings. The summed E-state index contributed by atoms with van der Waals surface area (Å²) in [6.45, 7) is 3.38. The lowest BCUT2D eigenvalue weighted by molar-refractivity contribution is -0.143. The van der Waals surface area contributed by atoms with E-state index in [1.54, 1.807) is 35.2 Å². The van der Waals surface area contributed by atoms with E-state index in [2.05, 4.69) is 0 Å².